The molecule has 5 heteroatoms. The number of benzene rings is 2. The quantitative estimate of drug-likeness (QED) is 0.871. The van der Waals surface area contributed by atoms with Crippen molar-refractivity contribution in [3.05, 3.63) is 65.7 Å². The van der Waals surface area contributed by atoms with Gasteiger partial charge in [-0.1, -0.05) is 36.4 Å². The zero-order valence-electron chi connectivity index (χ0n) is 12.5. The third kappa shape index (κ3) is 3.80. The van der Waals surface area contributed by atoms with Gasteiger partial charge in [0.25, 0.3) is 0 Å². The maximum Gasteiger partial charge on any atom is 0.410 e. The molecular formula is C18H16N2O3. The summed E-state index contributed by atoms with van der Waals surface area (Å²) in [6, 6.07) is 18.6. The molecule has 0 radical (unpaired) electrons. The number of likely N-dealkylation sites (tertiary alicyclic amines) is 1. The van der Waals surface area contributed by atoms with E-state index in [1.54, 1.807) is 29.2 Å². The zero-order chi connectivity index (χ0) is 16.1. The Kier molecular flexibility index (Phi) is 4.44. The van der Waals surface area contributed by atoms with Crippen LogP contribution in [0.3, 0.4) is 0 Å². The van der Waals surface area contributed by atoms with Crippen molar-refractivity contribution in [3.8, 4) is 11.8 Å². The predicted molar refractivity (Wildman–Crippen MR) is 83.8 cm³/mol. The highest BCUT2D eigenvalue weighted by Crippen LogP contribution is 2.20. The molecule has 23 heavy (non-hydrogen) atoms. The SMILES string of the molecule is N#Cc1cccc(OC2CN(C(=O)OCc3ccccc3)C2)c1. The molecule has 0 saturated carbocycles. The second kappa shape index (κ2) is 6.84. The Bertz CT molecular complexity index is 719. The third-order valence-electron chi connectivity index (χ3n) is 3.58. The van der Waals surface area contributed by atoms with Crippen LogP contribution in [0.2, 0.25) is 0 Å². The molecule has 1 aliphatic rings. The van der Waals surface area contributed by atoms with Gasteiger partial charge in [0.05, 0.1) is 24.7 Å². The number of carbonyl (C=O) groups is 1. The molecule has 3 rings (SSSR count). The first-order chi connectivity index (χ1) is 11.2. The molecule has 0 spiro atoms. The summed E-state index contributed by atoms with van der Waals surface area (Å²) in [7, 11) is 0. The number of carbonyl (C=O) groups excluding carboxylic acids is 1. The number of nitriles is 1. The van der Waals surface area contributed by atoms with E-state index in [1.807, 2.05) is 30.3 Å². The molecule has 0 atom stereocenters. The molecular weight excluding hydrogens is 292 g/mol. The molecule has 0 bridgehead atoms. The van der Waals surface area contributed by atoms with E-state index in [2.05, 4.69) is 6.07 Å². The highest BCUT2D eigenvalue weighted by molar-refractivity contribution is 5.68. The fourth-order valence-electron chi connectivity index (χ4n) is 2.30. The second-order valence-electron chi connectivity index (χ2n) is 5.32. The Labute approximate surface area is 134 Å². The van der Waals surface area contributed by atoms with Crippen LogP contribution in [0, 0.1) is 11.3 Å². The van der Waals surface area contributed by atoms with Gasteiger partial charge in [-0.3, -0.25) is 0 Å². The molecule has 1 amide bonds. The van der Waals surface area contributed by atoms with Gasteiger partial charge in [0, 0.05) is 0 Å². The van der Waals surface area contributed by atoms with E-state index in [4.69, 9.17) is 14.7 Å². The average Bonchev–Trinajstić information content (AvgIpc) is 2.56. The molecule has 1 aliphatic heterocycles. The third-order valence-corrected chi connectivity index (χ3v) is 3.58. The average molecular weight is 308 g/mol. The van der Waals surface area contributed by atoms with Gasteiger partial charge in [0.1, 0.15) is 18.5 Å². The Morgan fingerprint density at radius 3 is 2.70 bits per heavy atom. The molecule has 1 heterocycles. The molecule has 0 aromatic heterocycles. The maximum absolute atomic E-state index is 11.9. The summed E-state index contributed by atoms with van der Waals surface area (Å²) >= 11 is 0. The van der Waals surface area contributed by atoms with Gasteiger partial charge in [-0.05, 0) is 23.8 Å². The first-order valence-electron chi connectivity index (χ1n) is 7.37. The highest BCUT2D eigenvalue weighted by Gasteiger charge is 2.33. The highest BCUT2D eigenvalue weighted by atomic mass is 16.6. The minimum absolute atomic E-state index is 0.0618. The van der Waals surface area contributed by atoms with E-state index in [0.29, 0.717) is 24.4 Å². The van der Waals surface area contributed by atoms with Crippen LogP contribution < -0.4 is 4.74 Å². The van der Waals surface area contributed by atoms with E-state index in [0.717, 1.165) is 5.56 Å². The van der Waals surface area contributed by atoms with Crippen LogP contribution >= 0.6 is 0 Å². The number of ether oxygens (including phenoxy) is 2. The van der Waals surface area contributed by atoms with E-state index < -0.39 is 0 Å². The summed E-state index contributed by atoms with van der Waals surface area (Å²) < 4.78 is 11.0. The van der Waals surface area contributed by atoms with E-state index in [1.165, 1.54) is 0 Å². The summed E-state index contributed by atoms with van der Waals surface area (Å²) in [5, 5.41) is 8.86. The number of amides is 1. The van der Waals surface area contributed by atoms with Crippen molar-refractivity contribution in [2.45, 2.75) is 12.7 Å². The Hall–Kier alpha value is -3.00. The molecule has 1 fully saturated rings. The van der Waals surface area contributed by atoms with Crippen molar-refractivity contribution < 1.29 is 14.3 Å². The standard InChI is InChI=1S/C18H16N2O3/c19-10-15-7-4-8-16(9-15)23-17-11-20(12-17)18(21)22-13-14-5-2-1-3-6-14/h1-9,17H,11-13H2. The maximum atomic E-state index is 11.9. The van der Waals surface area contributed by atoms with Gasteiger partial charge in [-0.2, -0.15) is 5.26 Å². The summed E-state index contributed by atoms with van der Waals surface area (Å²) in [6.45, 7) is 1.25. The first-order valence-corrected chi connectivity index (χ1v) is 7.37. The fourth-order valence-corrected chi connectivity index (χ4v) is 2.30. The normalized spacial score (nSPS) is 13.8. The van der Waals surface area contributed by atoms with Crippen molar-refractivity contribution in [1.29, 1.82) is 5.26 Å². The van der Waals surface area contributed by atoms with Gasteiger partial charge >= 0.3 is 6.09 Å². The summed E-state index contributed by atoms with van der Waals surface area (Å²) in [5.74, 6) is 0.645. The Morgan fingerprint density at radius 1 is 1.17 bits per heavy atom. The monoisotopic (exact) mass is 308 g/mol. The van der Waals surface area contributed by atoms with Crippen LogP contribution in [-0.4, -0.2) is 30.2 Å². The second-order valence-corrected chi connectivity index (χ2v) is 5.32. The van der Waals surface area contributed by atoms with Gasteiger partial charge < -0.3 is 14.4 Å². The van der Waals surface area contributed by atoms with Crippen molar-refractivity contribution in [3.63, 3.8) is 0 Å². The van der Waals surface area contributed by atoms with Gasteiger partial charge in [-0.25, -0.2) is 4.79 Å². The zero-order valence-corrected chi connectivity index (χ0v) is 12.5. The van der Waals surface area contributed by atoms with Crippen LogP contribution in [0.4, 0.5) is 4.79 Å². The predicted octanol–water partition coefficient (Wildman–Crippen LogP) is 2.96. The molecule has 2 aromatic rings. The van der Waals surface area contributed by atoms with E-state index in [-0.39, 0.29) is 18.8 Å². The number of hydrogen-bond acceptors (Lipinski definition) is 4. The van der Waals surface area contributed by atoms with Crippen LogP contribution in [0.15, 0.2) is 54.6 Å². The number of rotatable bonds is 4. The van der Waals surface area contributed by atoms with E-state index >= 15 is 0 Å². The van der Waals surface area contributed by atoms with Gasteiger partial charge in [-0.15, -0.1) is 0 Å². The van der Waals surface area contributed by atoms with Crippen molar-refractivity contribution >= 4 is 6.09 Å². The molecule has 5 nitrogen and oxygen atoms in total. The molecule has 0 N–H and O–H groups in total. The molecule has 0 aliphatic carbocycles. The van der Waals surface area contributed by atoms with E-state index in [9.17, 15) is 4.79 Å². The van der Waals surface area contributed by atoms with Crippen molar-refractivity contribution in [1.82, 2.24) is 4.90 Å². The molecule has 2 aromatic carbocycles. The van der Waals surface area contributed by atoms with Gasteiger partial charge in [0.15, 0.2) is 0 Å². The fraction of sp³-hybridized carbons (Fsp3) is 0.222. The largest absolute Gasteiger partial charge is 0.487 e. The smallest absolute Gasteiger partial charge is 0.410 e. The lowest BCUT2D eigenvalue weighted by atomic mass is 10.2. The van der Waals surface area contributed by atoms with Crippen LogP contribution in [0.1, 0.15) is 11.1 Å². The summed E-state index contributed by atoms with van der Waals surface area (Å²) in [4.78, 5) is 13.5. The minimum Gasteiger partial charge on any atom is -0.487 e. The number of hydrogen-bond donors (Lipinski definition) is 0. The Balaban J connectivity index is 1.43. The lowest BCUT2D eigenvalue weighted by Crippen LogP contribution is -2.56. The minimum atomic E-state index is -0.334. The lowest BCUT2D eigenvalue weighted by Gasteiger charge is -2.38. The Morgan fingerprint density at radius 2 is 1.96 bits per heavy atom. The van der Waals surface area contributed by atoms with Crippen molar-refractivity contribution in [2.24, 2.45) is 0 Å². The number of nitrogens with zero attached hydrogens (tertiary/aromatic N) is 2. The molecule has 116 valence electrons. The summed E-state index contributed by atoms with van der Waals surface area (Å²) in [6.07, 6.45) is -0.396. The summed E-state index contributed by atoms with van der Waals surface area (Å²) in [5.41, 5.74) is 1.52. The van der Waals surface area contributed by atoms with Crippen LogP contribution in [0.5, 0.6) is 5.75 Å². The van der Waals surface area contributed by atoms with Crippen LogP contribution in [-0.2, 0) is 11.3 Å². The van der Waals surface area contributed by atoms with Gasteiger partial charge in [0.2, 0.25) is 0 Å². The van der Waals surface area contributed by atoms with Crippen molar-refractivity contribution in [2.75, 3.05) is 13.1 Å². The lowest BCUT2D eigenvalue weighted by molar-refractivity contribution is 0.00869. The first kappa shape index (κ1) is 14.9. The molecule has 0 unspecified atom stereocenters. The molecule has 1 saturated heterocycles. The van der Waals surface area contributed by atoms with Crippen LogP contribution in [0.25, 0.3) is 0 Å². The topological polar surface area (TPSA) is 62.6 Å².